The van der Waals surface area contributed by atoms with E-state index in [1.54, 1.807) is 36.4 Å². The summed E-state index contributed by atoms with van der Waals surface area (Å²) in [6, 6.07) is 11.4. The highest BCUT2D eigenvalue weighted by atomic mass is 35.5. The Morgan fingerprint density at radius 2 is 1.75 bits per heavy atom. The molecule has 3 rings (SSSR count). The average molecular weight is 403 g/mol. The zero-order chi connectivity index (χ0) is 20.1. The summed E-state index contributed by atoms with van der Waals surface area (Å²) in [5.74, 6) is 0.375. The van der Waals surface area contributed by atoms with Crippen LogP contribution in [0.5, 0.6) is 11.5 Å². The molecule has 0 radical (unpaired) electrons. The molecule has 2 N–H and O–H groups in total. The van der Waals surface area contributed by atoms with Gasteiger partial charge in [0.2, 0.25) is 5.91 Å². The van der Waals surface area contributed by atoms with Gasteiger partial charge >= 0.3 is 0 Å². The summed E-state index contributed by atoms with van der Waals surface area (Å²) in [5, 5.41) is 5.99. The molecule has 1 aliphatic heterocycles. The summed E-state index contributed by atoms with van der Waals surface area (Å²) in [4.78, 5) is 25.5. The molecule has 148 valence electrons. The molecule has 1 aliphatic rings. The molecule has 28 heavy (non-hydrogen) atoms. The Morgan fingerprint density at radius 1 is 1.11 bits per heavy atom. The lowest BCUT2D eigenvalue weighted by Crippen LogP contribution is -2.47. The number of benzene rings is 2. The number of hydrogen-bond acceptors (Lipinski definition) is 4. The smallest absolute Gasteiger partial charge is 0.251 e. The highest BCUT2D eigenvalue weighted by Gasteiger charge is 2.27. The number of carbonyl (C=O) groups is 2. The number of rotatable bonds is 6. The topological polar surface area (TPSA) is 76.7 Å². The summed E-state index contributed by atoms with van der Waals surface area (Å²) in [6.45, 7) is 4.78. The van der Waals surface area contributed by atoms with Gasteiger partial charge in [-0.25, -0.2) is 0 Å². The van der Waals surface area contributed by atoms with Crippen LogP contribution in [-0.2, 0) is 4.79 Å². The van der Waals surface area contributed by atoms with Gasteiger partial charge in [0.25, 0.3) is 5.91 Å². The van der Waals surface area contributed by atoms with Crippen LogP contribution in [0.25, 0.3) is 0 Å². The molecule has 2 aromatic carbocycles. The highest BCUT2D eigenvalue weighted by molar-refractivity contribution is 6.34. The van der Waals surface area contributed by atoms with Crippen molar-refractivity contribution in [3.8, 4) is 11.5 Å². The Balaban J connectivity index is 1.77. The molecule has 0 saturated heterocycles. The van der Waals surface area contributed by atoms with E-state index in [1.807, 2.05) is 19.9 Å². The molecule has 0 saturated carbocycles. The molecule has 6 nitrogen and oxygen atoms in total. The first kappa shape index (κ1) is 20.0. The molecule has 2 atom stereocenters. The number of anilines is 1. The molecule has 7 heteroatoms. The summed E-state index contributed by atoms with van der Waals surface area (Å²) < 4.78 is 11.0. The third kappa shape index (κ3) is 4.57. The van der Waals surface area contributed by atoms with E-state index in [2.05, 4.69) is 10.6 Å². The molecular weight excluding hydrogens is 380 g/mol. The van der Waals surface area contributed by atoms with E-state index in [9.17, 15) is 9.59 Å². The number of amides is 2. The zero-order valence-electron chi connectivity index (χ0n) is 15.8. The van der Waals surface area contributed by atoms with Gasteiger partial charge in [-0.15, -0.1) is 0 Å². The molecule has 0 fully saturated rings. The normalized spacial score (nSPS) is 14.7. The van der Waals surface area contributed by atoms with Crippen molar-refractivity contribution in [3.05, 3.63) is 53.1 Å². The highest BCUT2D eigenvalue weighted by Crippen LogP contribution is 2.38. The molecule has 0 aliphatic carbocycles. The summed E-state index contributed by atoms with van der Waals surface area (Å²) >= 11 is 6.29. The number of fused-ring (bicyclic) bond motifs is 1. The van der Waals surface area contributed by atoms with Crippen LogP contribution in [0.2, 0.25) is 5.02 Å². The maximum Gasteiger partial charge on any atom is 0.251 e. The first-order valence-electron chi connectivity index (χ1n) is 9.25. The fourth-order valence-corrected chi connectivity index (χ4v) is 3.09. The predicted octanol–water partition coefficient (Wildman–Crippen LogP) is 3.89. The van der Waals surface area contributed by atoms with Crippen molar-refractivity contribution in [2.75, 3.05) is 18.5 Å². The number of hydrogen-bond donors (Lipinski definition) is 2. The van der Waals surface area contributed by atoms with Crippen LogP contribution in [0.3, 0.4) is 0 Å². The van der Waals surface area contributed by atoms with E-state index >= 15 is 0 Å². The number of nitrogens with one attached hydrogen (secondary N) is 2. The Labute approximate surface area is 169 Å². The lowest BCUT2D eigenvalue weighted by molar-refractivity contribution is -0.119. The lowest BCUT2D eigenvalue weighted by atomic mass is 9.97. The van der Waals surface area contributed by atoms with Crippen LogP contribution >= 0.6 is 11.6 Å². The molecule has 0 unspecified atom stereocenters. The van der Waals surface area contributed by atoms with Crippen LogP contribution in [-0.4, -0.2) is 31.1 Å². The molecule has 0 aromatic heterocycles. The predicted molar refractivity (Wildman–Crippen MR) is 108 cm³/mol. The summed E-state index contributed by atoms with van der Waals surface area (Å²) in [7, 11) is 0. The summed E-state index contributed by atoms with van der Waals surface area (Å²) in [5.41, 5.74) is 0.916. The van der Waals surface area contributed by atoms with Crippen molar-refractivity contribution in [1.82, 2.24) is 5.32 Å². The van der Waals surface area contributed by atoms with Crippen molar-refractivity contribution in [2.45, 2.75) is 26.3 Å². The van der Waals surface area contributed by atoms with Crippen molar-refractivity contribution >= 4 is 29.1 Å². The molecule has 0 bridgehead atoms. The van der Waals surface area contributed by atoms with E-state index in [4.69, 9.17) is 21.1 Å². The minimum absolute atomic E-state index is 0.0661. The molecule has 2 amide bonds. The standard InChI is InChI=1S/C21H23ClN2O4/c1-3-13(2)19(24-20(25)14-7-5-4-6-8-14)21(26)23-16-12-18-17(11-15(16)22)27-9-10-28-18/h4-8,11-13,19H,3,9-10H2,1-2H3,(H,23,26)(H,24,25)/t13-,19-/m0/s1. The Bertz CT molecular complexity index is 857. The van der Waals surface area contributed by atoms with Crippen LogP contribution in [0.15, 0.2) is 42.5 Å². The lowest BCUT2D eigenvalue weighted by Gasteiger charge is -2.25. The third-order valence-corrected chi connectivity index (χ3v) is 5.02. The maximum atomic E-state index is 12.9. The van der Waals surface area contributed by atoms with E-state index in [0.29, 0.717) is 41.0 Å². The maximum absolute atomic E-state index is 12.9. The second-order valence-electron chi connectivity index (χ2n) is 6.67. The Hall–Kier alpha value is -2.73. The first-order valence-corrected chi connectivity index (χ1v) is 9.63. The van der Waals surface area contributed by atoms with E-state index < -0.39 is 6.04 Å². The van der Waals surface area contributed by atoms with Gasteiger partial charge in [0.15, 0.2) is 11.5 Å². The zero-order valence-corrected chi connectivity index (χ0v) is 16.6. The van der Waals surface area contributed by atoms with Crippen LogP contribution < -0.4 is 20.1 Å². The van der Waals surface area contributed by atoms with Crippen LogP contribution in [0, 0.1) is 5.92 Å². The van der Waals surface area contributed by atoms with Gasteiger partial charge in [0.05, 0.1) is 10.7 Å². The fraction of sp³-hybridized carbons (Fsp3) is 0.333. The molecular formula is C21H23ClN2O4. The van der Waals surface area contributed by atoms with E-state index in [1.165, 1.54) is 0 Å². The second kappa shape index (κ2) is 8.97. The first-order chi connectivity index (χ1) is 13.5. The van der Waals surface area contributed by atoms with Gasteiger partial charge in [-0.05, 0) is 18.1 Å². The third-order valence-electron chi connectivity index (χ3n) is 4.71. The molecule has 1 heterocycles. The van der Waals surface area contributed by atoms with Crippen molar-refractivity contribution in [3.63, 3.8) is 0 Å². The van der Waals surface area contributed by atoms with Gasteiger partial charge in [-0.1, -0.05) is 50.1 Å². The minimum atomic E-state index is -0.707. The largest absolute Gasteiger partial charge is 0.486 e. The average Bonchev–Trinajstić information content (AvgIpc) is 2.72. The second-order valence-corrected chi connectivity index (χ2v) is 7.07. The number of carbonyl (C=O) groups excluding carboxylic acids is 2. The van der Waals surface area contributed by atoms with Gasteiger partial charge in [-0.3, -0.25) is 9.59 Å². The van der Waals surface area contributed by atoms with Gasteiger partial charge in [0, 0.05) is 17.7 Å². The quantitative estimate of drug-likeness (QED) is 0.768. The number of halogens is 1. The van der Waals surface area contributed by atoms with Gasteiger partial charge in [0.1, 0.15) is 19.3 Å². The van der Waals surface area contributed by atoms with Crippen molar-refractivity contribution < 1.29 is 19.1 Å². The van der Waals surface area contributed by atoms with Gasteiger partial charge in [-0.2, -0.15) is 0 Å². The van der Waals surface area contributed by atoms with Crippen LogP contribution in [0.1, 0.15) is 30.6 Å². The van der Waals surface area contributed by atoms with Crippen molar-refractivity contribution in [1.29, 1.82) is 0 Å². The summed E-state index contributed by atoms with van der Waals surface area (Å²) in [6.07, 6.45) is 0.724. The Morgan fingerprint density at radius 3 is 2.39 bits per heavy atom. The van der Waals surface area contributed by atoms with E-state index in [-0.39, 0.29) is 17.7 Å². The minimum Gasteiger partial charge on any atom is -0.486 e. The monoisotopic (exact) mass is 402 g/mol. The molecule has 2 aromatic rings. The SMILES string of the molecule is CC[C@H](C)[C@H](NC(=O)c1ccccc1)C(=O)Nc1cc2c(cc1Cl)OCCO2. The van der Waals surface area contributed by atoms with Crippen LogP contribution in [0.4, 0.5) is 5.69 Å². The number of ether oxygens (including phenoxy) is 2. The van der Waals surface area contributed by atoms with Crippen molar-refractivity contribution in [2.24, 2.45) is 5.92 Å². The van der Waals surface area contributed by atoms with E-state index in [0.717, 1.165) is 6.42 Å². The fourth-order valence-electron chi connectivity index (χ4n) is 2.89. The Kier molecular flexibility index (Phi) is 6.41. The molecule has 0 spiro atoms. The van der Waals surface area contributed by atoms with Gasteiger partial charge < -0.3 is 20.1 Å².